The Balaban J connectivity index is 0.0000000994. The third-order valence-corrected chi connectivity index (χ3v) is 34.0. The Hall–Kier alpha value is -11.9. The van der Waals surface area contributed by atoms with E-state index in [2.05, 4.69) is 112 Å². The summed E-state index contributed by atoms with van der Waals surface area (Å²) in [6.07, 6.45) is 0.831. The lowest BCUT2D eigenvalue weighted by Crippen LogP contribution is -2.34. The van der Waals surface area contributed by atoms with Crippen molar-refractivity contribution in [2.24, 2.45) is 0 Å². The molecule has 0 N–H and O–H groups in total. The van der Waals surface area contributed by atoms with E-state index in [4.69, 9.17) is 15.0 Å². The zero-order valence-corrected chi connectivity index (χ0v) is 64.0. The van der Waals surface area contributed by atoms with Gasteiger partial charge in [-0.3, -0.25) is 18.3 Å². The van der Waals surface area contributed by atoms with E-state index in [1.165, 1.54) is 5.39 Å². The maximum atomic E-state index is 15.0. The topological polar surface area (TPSA) is 140 Å². The Labute approximate surface area is 631 Å². The van der Waals surface area contributed by atoms with Gasteiger partial charge in [0.25, 0.3) is 0 Å². The molecule has 109 heavy (non-hydrogen) atoms. The van der Waals surface area contributed by atoms with E-state index in [0.717, 1.165) is 171 Å². The normalized spacial score (nSPS) is 17.9. The third-order valence-electron chi connectivity index (χ3n) is 21.6. The molecule has 16 heteroatoms. The number of para-hydroxylation sites is 8. The van der Waals surface area contributed by atoms with Crippen LogP contribution in [0.2, 0.25) is 0 Å². The van der Waals surface area contributed by atoms with Crippen LogP contribution in [0.4, 0.5) is 0 Å². The van der Waals surface area contributed by atoms with Gasteiger partial charge in [0.1, 0.15) is 23.3 Å². The molecule has 528 valence electrons. The number of imidazole rings is 4. The van der Waals surface area contributed by atoms with Crippen LogP contribution in [0.25, 0.3) is 89.0 Å². The van der Waals surface area contributed by atoms with Crippen molar-refractivity contribution in [1.29, 1.82) is 0 Å². The summed E-state index contributed by atoms with van der Waals surface area (Å²) >= 11 is 0. The molecular weight excluding hydrogens is 1420 g/mol. The van der Waals surface area contributed by atoms with Gasteiger partial charge in [0.05, 0.1) is 66.9 Å². The molecule has 18 aromatic rings. The van der Waals surface area contributed by atoms with Gasteiger partial charge in [-0.1, -0.05) is 264 Å². The molecule has 0 fully saturated rings. The van der Waals surface area contributed by atoms with Crippen LogP contribution in [0.15, 0.2) is 334 Å². The first kappa shape index (κ1) is 67.7. The van der Waals surface area contributed by atoms with Crippen LogP contribution in [0.3, 0.4) is 0 Å². The molecule has 0 saturated carbocycles. The van der Waals surface area contributed by atoms with Crippen molar-refractivity contribution in [3.8, 4) is 34.1 Å². The summed E-state index contributed by atoms with van der Waals surface area (Å²) in [7, 11) is -11.8. The van der Waals surface area contributed by atoms with E-state index in [1.807, 2.05) is 280 Å². The predicted octanol–water partition coefficient (Wildman–Crippen LogP) is 16.9. The maximum Gasteiger partial charge on any atom is 0.175 e. The molecule has 4 atom stereocenters. The molecular formula is C93H72N8O4P4. The lowest BCUT2D eigenvalue weighted by molar-refractivity contribution is 0.539. The molecule has 12 nitrogen and oxygen atoms in total. The molecule has 14 aromatic carbocycles. The SMILES string of the molecule is CC(C)(C)c1nc2cccc3c2n1-c1ccccc1P3(=O)c1ccccc1.CCc1nc2cccc3c2n1-c1ccccc1P3(=O)c1ccccc1.Cc1nc2cccc3c2n1-c1ccccc1P3(=O)c1ccccc1.O=P1(c2ccccc2)c2ccccc2-n2c(-c3cccc4ccccc34)nc3cccc1c32. The minimum Gasteiger partial charge on any atom is -0.308 e. The van der Waals surface area contributed by atoms with Crippen molar-refractivity contribution in [1.82, 2.24) is 38.2 Å². The van der Waals surface area contributed by atoms with Gasteiger partial charge in [-0.05, 0) is 115 Å². The number of benzene rings is 14. The van der Waals surface area contributed by atoms with E-state index in [9.17, 15) is 18.3 Å². The highest BCUT2D eigenvalue weighted by Gasteiger charge is 2.45. The van der Waals surface area contributed by atoms with Crippen molar-refractivity contribution < 1.29 is 18.3 Å². The van der Waals surface area contributed by atoms with Gasteiger partial charge in [0, 0.05) is 81.1 Å². The summed E-state index contributed by atoms with van der Waals surface area (Å²) in [4.78, 5) is 19.5. The minimum absolute atomic E-state index is 0.128. The molecule has 4 aliphatic heterocycles. The first-order valence-corrected chi connectivity index (χ1v) is 43.5. The summed E-state index contributed by atoms with van der Waals surface area (Å²) in [5.74, 6) is 3.80. The largest absolute Gasteiger partial charge is 0.308 e. The van der Waals surface area contributed by atoms with Crippen LogP contribution in [-0.4, -0.2) is 38.2 Å². The highest BCUT2D eigenvalue weighted by molar-refractivity contribution is 7.87. The van der Waals surface area contributed by atoms with Crippen LogP contribution in [0.1, 0.15) is 45.2 Å². The fourth-order valence-corrected chi connectivity index (χ4v) is 28.9. The van der Waals surface area contributed by atoms with Crippen molar-refractivity contribution in [2.45, 2.75) is 46.5 Å². The zero-order chi connectivity index (χ0) is 74.1. The Kier molecular flexibility index (Phi) is 16.1. The average molecular weight is 1490 g/mol. The standard InChI is InChI=1S/C29H19N2OP.C23H21N2OP.C21H17N2OP.C20H15N2OP/c32-33(21-12-2-1-3-13-21)26-18-7-6-17-25(26)31-28-24(16-9-19-27(28)33)30-29(31)23-15-8-11-20-10-4-5-14-22(20)23;1-23(2,3)22-24-17-12-9-15-20-21(17)25(22)18-13-7-8-14-19(18)27(20,26)16-10-5-4-6-11-16;1-2-20-22-16-11-8-14-19-21(16)23(20)17-12-6-7-13-18(17)25(19,24)15-9-4-3-5-10-15;1-14-21-16-10-7-13-19-20(16)22(14)17-11-5-6-12-18(17)24(19,23)15-8-3-2-4-9-15/h1-19H;4-15H,1-3H3;3-14H,2H2,1H3;2-13H,1H3. The van der Waals surface area contributed by atoms with Gasteiger partial charge in [0.2, 0.25) is 0 Å². The van der Waals surface area contributed by atoms with Crippen molar-refractivity contribution in [3.63, 3.8) is 0 Å². The van der Waals surface area contributed by atoms with Gasteiger partial charge in [-0.25, -0.2) is 19.9 Å². The molecule has 0 amide bonds. The van der Waals surface area contributed by atoms with Gasteiger partial charge in [-0.15, -0.1) is 0 Å². The first-order valence-electron chi connectivity index (χ1n) is 36.7. The Morgan fingerprint density at radius 2 is 0.606 bits per heavy atom. The quantitative estimate of drug-likeness (QED) is 0.150. The number of aryl methyl sites for hydroxylation is 2. The summed E-state index contributed by atoms with van der Waals surface area (Å²) < 4.78 is 67.4. The van der Waals surface area contributed by atoms with Crippen molar-refractivity contribution in [3.05, 3.63) is 351 Å². The highest BCUT2D eigenvalue weighted by Crippen LogP contribution is 2.54. The van der Waals surface area contributed by atoms with Crippen LogP contribution in [0.5, 0.6) is 0 Å². The van der Waals surface area contributed by atoms with Crippen LogP contribution in [0, 0.1) is 6.92 Å². The van der Waals surface area contributed by atoms with Gasteiger partial charge < -0.3 is 18.3 Å². The number of aromatic nitrogens is 8. The second-order valence-electron chi connectivity index (χ2n) is 28.8. The molecule has 0 bridgehead atoms. The number of hydrogen-bond donors (Lipinski definition) is 0. The number of fused-ring (bicyclic) bond motifs is 9. The first-order chi connectivity index (χ1) is 53.1. The Morgan fingerprint density at radius 1 is 0.294 bits per heavy atom. The Bertz CT molecular complexity index is 6930. The van der Waals surface area contributed by atoms with Gasteiger partial charge in [-0.2, -0.15) is 0 Å². The van der Waals surface area contributed by atoms with Crippen LogP contribution < -0.4 is 63.7 Å². The highest BCUT2D eigenvalue weighted by atomic mass is 31.2. The lowest BCUT2D eigenvalue weighted by Gasteiger charge is -2.30. The smallest absolute Gasteiger partial charge is 0.175 e. The average Bonchev–Trinajstić information content (AvgIpc) is 1.65. The lowest BCUT2D eigenvalue weighted by atomic mass is 9.95. The maximum absolute atomic E-state index is 15.0. The van der Waals surface area contributed by atoms with Crippen LogP contribution >= 0.6 is 28.6 Å². The summed E-state index contributed by atoms with van der Waals surface area (Å²) in [6, 6.07) is 110. The Morgan fingerprint density at radius 3 is 1.05 bits per heavy atom. The van der Waals surface area contributed by atoms with E-state index in [0.29, 0.717) is 0 Å². The second-order valence-corrected chi connectivity index (χ2v) is 39.6. The fraction of sp³-hybridized carbons (Fsp3) is 0.0753. The second kappa shape index (κ2) is 25.9. The predicted molar refractivity (Wildman–Crippen MR) is 452 cm³/mol. The van der Waals surface area contributed by atoms with Gasteiger partial charge in [0.15, 0.2) is 28.6 Å². The van der Waals surface area contributed by atoms with Crippen LogP contribution in [-0.2, 0) is 30.1 Å². The molecule has 0 saturated heterocycles. The van der Waals surface area contributed by atoms with Gasteiger partial charge >= 0.3 is 0 Å². The molecule has 4 aliphatic rings. The summed E-state index contributed by atoms with van der Waals surface area (Å²) in [6.45, 7) is 10.6. The molecule has 0 aliphatic carbocycles. The van der Waals surface area contributed by atoms with Crippen molar-refractivity contribution >= 4 is 147 Å². The zero-order valence-electron chi connectivity index (χ0n) is 60.5. The minimum atomic E-state index is -3.05. The summed E-state index contributed by atoms with van der Waals surface area (Å²) in [5, 5.41) is 12.8. The monoisotopic (exact) mass is 1490 g/mol. The molecule has 0 radical (unpaired) electrons. The molecule has 4 unspecified atom stereocenters. The molecule has 0 spiro atoms. The van der Waals surface area contributed by atoms with Crippen molar-refractivity contribution in [2.75, 3.05) is 0 Å². The van der Waals surface area contributed by atoms with E-state index in [1.54, 1.807) is 0 Å². The van der Waals surface area contributed by atoms with E-state index in [-0.39, 0.29) is 5.41 Å². The van der Waals surface area contributed by atoms with E-state index < -0.39 is 28.6 Å². The number of hydrogen-bond acceptors (Lipinski definition) is 8. The third kappa shape index (κ3) is 10.2. The number of nitrogens with zero attached hydrogens (tertiary/aromatic N) is 8. The molecule has 22 rings (SSSR count). The fourth-order valence-electron chi connectivity index (χ4n) is 16.8. The number of rotatable bonds is 6. The molecule has 8 heterocycles. The van der Waals surface area contributed by atoms with E-state index >= 15 is 0 Å². The molecule has 4 aromatic heterocycles. The summed E-state index contributed by atoms with van der Waals surface area (Å²) in [5.41, 5.74) is 12.3.